The summed E-state index contributed by atoms with van der Waals surface area (Å²) in [5.41, 5.74) is 21.0. The van der Waals surface area contributed by atoms with Crippen molar-refractivity contribution in [2.75, 3.05) is 26.3 Å². The van der Waals surface area contributed by atoms with Crippen LogP contribution in [0.3, 0.4) is 0 Å². The third-order valence-electron chi connectivity index (χ3n) is 9.23. The molecule has 1 atom stereocenters. The number of imidazole rings is 1. The molecule has 1 spiro atoms. The van der Waals surface area contributed by atoms with Crippen molar-refractivity contribution >= 4 is 0 Å². The number of nitrogens with zero attached hydrogens (tertiary/aromatic N) is 1. The van der Waals surface area contributed by atoms with E-state index >= 15 is 0 Å². The van der Waals surface area contributed by atoms with Crippen molar-refractivity contribution in [2.24, 2.45) is 11.5 Å². The number of hydrogen-bond donors (Lipinski definition) is 5. The Morgan fingerprint density at radius 2 is 1.71 bits per heavy atom. The Hall–Kier alpha value is -2.95. The van der Waals surface area contributed by atoms with E-state index in [1.54, 1.807) is 18.1 Å². The van der Waals surface area contributed by atoms with Gasteiger partial charge in [0.05, 0.1) is 12.5 Å². The lowest BCUT2D eigenvalue weighted by molar-refractivity contribution is 0.440. The van der Waals surface area contributed by atoms with Gasteiger partial charge in [0.25, 0.3) is 0 Å². The third-order valence-corrected chi connectivity index (χ3v) is 9.23. The van der Waals surface area contributed by atoms with E-state index < -0.39 is 0 Å². The smallest absolute Gasteiger partial charge is 0.109 e. The number of nitrogens with two attached hydrogens (primary N) is 2. The largest absolute Gasteiger partial charge is 0.338 e. The van der Waals surface area contributed by atoms with Gasteiger partial charge >= 0.3 is 0 Å². The van der Waals surface area contributed by atoms with Gasteiger partial charge in [-0.25, -0.2) is 4.98 Å². The average molecular weight is 553 g/mol. The summed E-state index contributed by atoms with van der Waals surface area (Å²) >= 11 is 0. The minimum atomic E-state index is 0.286. The maximum absolute atomic E-state index is 5.87. The quantitative estimate of drug-likeness (QED) is 0.134. The van der Waals surface area contributed by atoms with Crippen molar-refractivity contribution in [3.8, 4) is 23.0 Å². The Morgan fingerprint density at radius 1 is 0.902 bits per heavy atom. The molecule has 2 fully saturated rings. The first-order valence-corrected chi connectivity index (χ1v) is 15.9. The summed E-state index contributed by atoms with van der Waals surface area (Å²) in [7, 11) is 0. The van der Waals surface area contributed by atoms with Crippen molar-refractivity contribution in [2.45, 2.75) is 88.5 Å². The van der Waals surface area contributed by atoms with E-state index in [1.165, 1.54) is 92.3 Å². The molecule has 0 amide bonds. The van der Waals surface area contributed by atoms with Crippen LogP contribution in [0.1, 0.15) is 105 Å². The molecule has 2 aromatic carbocycles. The monoisotopic (exact) mass is 552 g/mol. The Kier molecular flexibility index (Phi) is 10.7. The molecule has 2 heterocycles. The Balaban J connectivity index is 0.000000610. The molecular formula is C35H48N6. The second kappa shape index (κ2) is 14.8. The van der Waals surface area contributed by atoms with Crippen LogP contribution in [0.2, 0.25) is 0 Å². The lowest BCUT2D eigenvalue weighted by atomic mass is 9.76. The number of nitrogens with one attached hydrogen (secondary N) is 3. The number of unbranched alkanes of at least 4 members (excludes halogenated alkanes) is 2. The van der Waals surface area contributed by atoms with E-state index in [-0.39, 0.29) is 6.04 Å². The highest BCUT2D eigenvalue weighted by Crippen LogP contribution is 2.54. The van der Waals surface area contributed by atoms with Gasteiger partial charge in [0.15, 0.2) is 0 Å². The van der Waals surface area contributed by atoms with E-state index in [9.17, 15) is 0 Å². The molecule has 218 valence electrons. The molecular weight excluding hydrogens is 504 g/mol. The van der Waals surface area contributed by atoms with Crippen LogP contribution in [0.25, 0.3) is 11.1 Å². The van der Waals surface area contributed by atoms with Crippen LogP contribution in [-0.2, 0) is 11.8 Å². The van der Waals surface area contributed by atoms with Crippen LogP contribution in [-0.4, -0.2) is 36.3 Å². The van der Waals surface area contributed by atoms with Gasteiger partial charge < -0.3 is 21.8 Å². The topological polar surface area (TPSA) is 105 Å². The summed E-state index contributed by atoms with van der Waals surface area (Å²) in [4.78, 5) is 7.20. The van der Waals surface area contributed by atoms with Gasteiger partial charge in [0, 0.05) is 18.3 Å². The highest BCUT2D eigenvalue weighted by atomic mass is 15.0. The molecule has 7 N–H and O–H groups in total. The Morgan fingerprint density at radius 3 is 2.37 bits per heavy atom. The van der Waals surface area contributed by atoms with Gasteiger partial charge in [-0.05, 0) is 116 Å². The zero-order valence-corrected chi connectivity index (χ0v) is 24.6. The van der Waals surface area contributed by atoms with Crippen LogP contribution in [0.15, 0.2) is 48.9 Å². The van der Waals surface area contributed by atoms with Crippen molar-refractivity contribution in [1.29, 1.82) is 0 Å². The Labute approximate surface area is 246 Å². The zero-order valence-electron chi connectivity index (χ0n) is 24.6. The highest BCUT2D eigenvalue weighted by molar-refractivity contribution is 5.74. The minimum Gasteiger partial charge on any atom is -0.338 e. The molecule has 6 heteroatoms. The molecule has 1 saturated carbocycles. The maximum atomic E-state index is 5.87. The van der Waals surface area contributed by atoms with E-state index in [4.69, 9.17) is 11.5 Å². The molecule has 6 nitrogen and oxygen atoms in total. The van der Waals surface area contributed by atoms with Gasteiger partial charge in [-0.15, -0.1) is 0 Å². The van der Waals surface area contributed by atoms with Crippen LogP contribution in [0.4, 0.5) is 0 Å². The number of fused-ring (bicyclic) bond motifs is 2. The van der Waals surface area contributed by atoms with Crippen molar-refractivity contribution in [1.82, 2.24) is 20.6 Å². The molecule has 1 unspecified atom stereocenters. The second-order valence-electron chi connectivity index (χ2n) is 11.9. The molecule has 0 radical (unpaired) electrons. The molecule has 6 rings (SSSR count). The number of aromatic amines is 1. The number of benzene rings is 2. The molecule has 1 aliphatic heterocycles. The van der Waals surface area contributed by atoms with E-state index in [1.807, 2.05) is 0 Å². The lowest BCUT2D eigenvalue weighted by Crippen LogP contribution is -2.27. The zero-order chi connectivity index (χ0) is 28.3. The first-order valence-electron chi connectivity index (χ1n) is 15.9. The number of hydrogen-bond acceptors (Lipinski definition) is 5. The normalized spacial score (nSPS) is 17.5. The van der Waals surface area contributed by atoms with Crippen molar-refractivity contribution in [3.63, 3.8) is 0 Å². The predicted octanol–water partition coefficient (Wildman–Crippen LogP) is 5.67. The summed E-state index contributed by atoms with van der Waals surface area (Å²) in [5, 5.41) is 6.70. The average Bonchev–Trinajstić information content (AvgIpc) is 3.84. The van der Waals surface area contributed by atoms with Crippen LogP contribution >= 0.6 is 0 Å². The van der Waals surface area contributed by atoms with Gasteiger partial charge in [0.1, 0.15) is 5.69 Å². The van der Waals surface area contributed by atoms with E-state index in [0.717, 1.165) is 37.9 Å². The van der Waals surface area contributed by atoms with Crippen molar-refractivity contribution in [3.05, 3.63) is 76.9 Å². The van der Waals surface area contributed by atoms with Gasteiger partial charge in [0.2, 0.25) is 0 Å². The molecule has 1 aromatic heterocycles. The Bertz CT molecular complexity index is 1270. The van der Waals surface area contributed by atoms with E-state index in [0.29, 0.717) is 12.1 Å². The van der Waals surface area contributed by atoms with Gasteiger partial charge in [-0.2, -0.15) is 0 Å². The van der Waals surface area contributed by atoms with Crippen LogP contribution in [0.5, 0.6) is 0 Å². The molecule has 3 aliphatic rings. The molecule has 41 heavy (non-hydrogen) atoms. The first-order chi connectivity index (χ1) is 20.2. The summed E-state index contributed by atoms with van der Waals surface area (Å²) < 4.78 is 0. The number of aromatic nitrogens is 2. The van der Waals surface area contributed by atoms with Gasteiger partial charge in [-0.3, -0.25) is 5.32 Å². The summed E-state index contributed by atoms with van der Waals surface area (Å²) in [6.45, 7) is 3.75. The number of H-pyrrole nitrogens is 1. The second-order valence-corrected chi connectivity index (χ2v) is 11.9. The summed E-state index contributed by atoms with van der Waals surface area (Å²) in [6, 6.07) is 14.0. The van der Waals surface area contributed by atoms with Crippen LogP contribution in [0, 0.1) is 11.8 Å². The molecule has 0 bridgehead atoms. The fourth-order valence-corrected chi connectivity index (χ4v) is 7.09. The van der Waals surface area contributed by atoms with E-state index in [2.05, 4.69) is 68.8 Å². The fraction of sp³-hybridized carbons (Fsp3) is 0.514. The maximum Gasteiger partial charge on any atom is 0.109 e. The van der Waals surface area contributed by atoms with Gasteiger partial charge in [-0.1, -0.05) is 61.9 Å². The summed E-state index contributed by atoms with van der Waals surface area (Å²) in [5.74, 6) is 6.72. The van der Waals surface area contributed by atoms with Crippen LogP contribution < -0.4 is 22.1 Å². The molecule has 2 aliphatic carbocycles. The third kappa shape index (κ3) is 7.28. The van der Waals surface area contributed by atoms with Crippen molar-refractivity contribution < 1.29 is 0 Å². The first kappa shape index (κ1) is 29.5. The highest BCUT2D eigenvalue weighted by Gasteiger charge is 2.43. The predicted molar refractivity (Wildman–Crippen MR) is 169 cm³/mol. The fourth-order valence-electron chi connectivity index (χ4n) is 7.09. The molecule has 3 aromatic rings. The lowest BCUT2D eigenvalue weighted by Gasteiger charge is -2.28. The SMILES string of the molecule is C1CCNC1.NCCCCCC(NCN)c1ccc(-c2ccc(C#Cc3cnc[nH]3)c3c2C2(CCCC2)CC3)cc1. The minimum absolute atomic E-state index is 0.286. The number of rotatable bonds is 9. The standard InChI is InChI=1S/C31H39N5.C4H9N/c32-19-5-1-2-6-29(35-21-33)25-9-7-23(8-10-25)27-14-12-24(11-13-26-20-34-22-36-26)28-15-18-31(30(27)28)16-3-4-17-31;1-2-4-5-3-1/h7-10,12,14,20,22,29,35H,1-6,15-19,21,32-33H2,(H,34,36);5H,1-4H2. The summed E-state index contributed by atoms with van der Waals surface area (Å²) in [6.07, 6.45) is 18.4. The molecule has 1 saturated heterocycles.